The van der Waals surface area contributed by atoms with E-state index < -0.39 is 0 Å². The SMILES string of the molecule is O=C(CCCO)C(=O)CC1CCCC1. The van der Waals surface area contributed by atoms with Gasteiger partial charge in [0.25, 0.3) is 0 Å². The molecule has 80 valence electrons. The Morgan fingerprint density at radius 2 is 1.79 bits per heavy atom. The van der Waals surface area contributed by atoms with E-state index in [-0.39, 0.29) is 24.6 Å². The topological polar surface area (TPSA) is 54.4 Å². The highest BCUT2D eigenvalue weighted by atomic mass is 16.3. The summed E-state index contributed by atoms with van der Waals surface area (Å²) in [6.07, 6.45) is 5.64. The number of carbonyl (C=O) groups is 2. The highest BCUT2D eigenvalue weighted by molar-refractivity contribution is 6.37. The lowest BCUT2D eigenvalue weighted by Crippen LogP contribution is -2.17. The molecule has 1 aliphatic rings. The van der Waals surface area contributed by atoms with Crippen LogP contribution in [0.3, 0.4) is 0 Å². The second kappa shape index (κ2) is 5.91. The maximum absolute atomic E-state index is 11.4. The van der Waals surface area contributed by atoms with Crippen molar-refractivity contribution in [3.63, 3.8) is 0 Å². The Kier molecular flexibility index (Phi) is 4.80. The molecule has 1 saturated carbocycles. The van der Waals surface area contributed by atoms with Crippen LogP contribution in [-0.4, -0.2) is 23.3 Å². The maximum Gasteiger partial charge on any atom is 0.198 e. The first-order valence-corrected chi connectivity index (χ1v) is 5.41. The quantitative estimate of drug-likeness (QED) is 0.658. The minimum absolute atomic E-state index is 0.0115. The van der Waals surface area contributed by atoms with Crippen molar-refractivity contribution in [1.82, 2.24) is 0 Å². The predicted molar refractivity (Wildman–Crippen MR) is 52.9 cm³/mol. The number of hydrogen-bond acceptors (Lipinski definition) is 3. The Balaban J connectivity index is 2.22. The van der Waals surface area contributed by atoms with Gasteiger partial charge < -0.3 is 5.11 Å². The van der Waals surface area contributed by atoms with E-state index in [4.69, 9.17) is 5.11 Å². The molecule has 0 amide bonds. The van der Waals surface area contributed by atoms with E-state index in [1.165, 1.54) is 12.8 Å². The van der Waals surface area contributed by atoms with Gasteiger partial charge in [-0.15, -0.1) is 0 Å². The van der Waals surface area contributed by atoms with E-state index in [9.17, 15) is 9.59 Å². The van der Waals surface area contributed by atoms with Crippen LogP contribution in [0.4, 0.5) is 0 Å². The number of aliphatic hydroxyl groups is 1. The third-order valence-corrected chi connectivity index (χ3v) is 2.82. The average Bonchev–Trinajstić information content (AvgIpc) is 2.66. The lowest BCUT2D eigenvalue weighted by Gasteiger charge is -2.06. The van der Waals surface area contributed by atoms with E-state index in [0.29, 0.717) is 18.8 Å². The highest BCUT2D eigenvalue weighted by Crippen LogP contribution is 2.27. The van der Waals surface area contributed by atoms with Gasteiger partial charge in [0.1, 0.15) is 0 Å². The van der Waals surface area contributed by atoms with Crippen molar-refractivity contribution in [3.05, 3.63) is 0 Å². The van der Waals surface area contributed by atoms with E-state index in [1.807, 2.05) is 0 Å². The summed E-state index contributed by atoms with van der Waals surface area (Å²) in [4.78, 5) is 22.6. The van der Waals surface area contributed by atoms with Crippen LogP contribution in [0.2, 0.25) is 0 Å². The predicted octanol–water partition coefficient (Wildman–Crippen LogP) is 1.48. The summed E-state index contributed by atoms with van der Waals surface area (Å²) < 4.78 is 0. The molecular weight excluding hydrogens is 180 g/mol. The molecule has 1 rings (SSSR count). The van der Waals surface area contributed by atoms with Crippen LogP contribution in [0.1, 0.15) is 44.9 Å². The lowest BCUT2D eigenvalue weighted by atomic mass is 9.98. The molecule has 14 heavy (non-hydrogen) atoms. The standard InChI is InChI=1S/C11H18O3/c12-7-3-6-10(13)11(14)8-9-4-1-2-5-9/h9,12H,1-8H2. The molecule has 1 fully saturated rings. The molecule has 0 aromatic carbocycles. The second-order valence-corrected chi connectivity index (χ2v) is 4.03. The molecule has 0 aromatic rings. The lowest BCUT2D eigenvalue weighted by molar-refractivity contribution is -0.137. The first-order valence-electron chi connectivity index (χ1n) is 5.41. The first kappa shape index (κ1) is 11.4. The molecular formula is C11H18O3. The summed E-state index contributed by atoms with van der Waals surface area (Å²) in [6.45, 7) is -0.0115. The third-order valence-electron chi connectivity index (χ3n) is 2.82. The van der Waals surface area contributed by atoms with E-state index >= 15 is 0 Å². The molecule has 0 aromatic heterocycles. The van der Waals surface area contributed by atoms with Crippen LogP contribution in [0.25, 0.3) is 0 Å². The van der Waals surface area contributed by atoms with Crippen LogP contribution in [0, 0.1) is 5.92 Å². The monoisotopic (exact) mass is 198 g/mol. The summed E-state index contributed by atoms with van der Waals surface area (Å²) in [7, 11) is 0. The Bertz CT molecular complexity index is 205. The zero-order valence-corrected chi connectivity index (χ0v) is 8.50. The summed E-state index contributed by atoms with van der Waals surface area (Å²) >= 11 is 0. The Morgan fingerprint density at radius 1 is 1.14 bits per heavy atom. The van der Waals surface area contributed by atoms with Gasteiger partial charge in [0.05, 0.1) is 0 Å². The third kappa shape index (κ3) is 3.58. The number of hydrogen-bond donors (Lipinski definition) is 1. The van der Waals surface area contributed by atoms with Gasteiger partial charge in [0, 0.05) is 19.4 Å². The number of ketones is 2. The normalized spacial score (nSPS) is 17.2. The molecule has 0 aliphatic heterocycles. The molecule has 1 N–H and O–H groups in total. The van der Waals surface area contributed by atoms with E-state index in [1.54, 1.807) is 0 Å². The fourth-order valence-electron chi connectivity index (χ4n) is 1.97. The van der Waals surface area contributed by atoms with Crippen molar-refractivity contribution >= 4 is 11.6 Å². The minimum Gasteiger partial charge on any atom is -0.396 e. The van der Waals surface area contributed by atoms with Crippen LogP contribution in [0.5, 0.6) is 0 Å². The zero-order chi connectivity index (χ0) is 10.4. The summed E-state index contributed by atoms with van der Waals surface area (Å²) in [6, 6.07) is 0. The van der Waals surface area contributed by atoms with Crippen molar-refractivity contribution in [2.75, 3.05) is 6.61 Å². The second-order valence-electron chi connectivity index (χ2n) is 4.03. The fraction of sp³-hybridized carbons (Fsp3) is 0.818. The first-order chi connectivity index (χ1) is 6.74. The minimum atomic E-state index is -0.300. The van der Waals surface area contributed by atoms with Crippen molar-refractivity contribution in [2.45, 2.75) is 44.9 Å². The van der Waals surface area contributed by atoms with Gasteiger partial charge in [-0.2, -0.15) is 0 Å². The molecule has 0 spiro atoms. The van der Waals surface area contributed by atoms with Crippen LogP contribution in [0.15, 0.2) is 0 Å². The molecule has 0 unspecified atom stereocenters. The molecule has 1 aliphatic carbocycles. The molecule has 3 heteroatoms. The van der Waals surface area contributed by atoms with E-state index in [0.717, 1.165) is 12.8 Å². The van der Waals surface area contributed by atoms with Gasteiger partial charge in [-0.25, -0.2) is 0 Å². The van der Waals surface area contributed by atoms with Gasteiger partial charge in [-0.05, 0) is 12.3 Å². The highest BCUT2D eigenvalue weighted by Gasteiger charge is 2.21. The number of Topliss-reactive ketones (excluding diaryl/α,β-unsaturated/α-hetero) is 2. The van der Waals surface area contributed by atoms with Gasteiger partial charge in [0.15, 0.2) is 11.6 Å². The summed E-state index contributed by atoms with van der Waals surface area (Å²) in [5.74, 6) is -0.0862. The number of rotatable bonds is 6. The molecule has 0 bridgehead atoms. The molecule has 0 radical (unpaired) electrons. The Hall–Kier alpha value is -0.700. The zero-order valence-electron chi connectivity index (χ0n) is 8.50. The van der Waals surface area contributed by atoms with Gasteiger partial charge >= 0.3 is 0 Å². The molecule has 0 heterocycles. The summed E-state index contributed by atoms with van der Waals surface area (Å²) in [5.41, 5.74) is 0. The molecule has 0 saturated heterocycles. The van der Waals surface area contributed by atoms with E-state index in [2.05, 4.69) is 0 Å². The smallest absolute Gasteiger partial charge is 0.198 e. The number of carbonyl (C=O) groups excluding carboxylic acids is 2. The van der Waals surface area contributed by atoms with Crippen molar-refractivity contribution in [2.24, 2.45) is 5.92 Å². The number of aliphatic hydroxyl groups excluding tert-OH is 1. The van der Waals surface area contributed by atoms with Crippen LogP contribution >= 0.6 is 0 Å². The fourth-order valence-corrected chi connectivity index (χ4v) is 1.97. The summed E-state index contributed by atoms with van der Waals surface area (Å²) in [5, 5.41) is 8.52. The van der Waals surface area contributed by atoms with Crippen molar-refractivity contribution in [3.8, 4) is 0 Å². The van der Waals surface area contributed by atoms with Crippen molar-refractivity contribution < 1.29 is 14.7 Å². The maximum atomic E-state index is 11.4. The molecule has 3 nitrogen and oxygen atoms in total. The van der Waals surface area contributed by atoms with Crippen LogP contribution in [-0.2, 0) is 9.59 Å². The largest absolute Gasteiger partial charge is 0.396 e. The molecule has 0 atom stereocenters. The Labute approximate surface area is 84.5 Å². The van der Waals surface area contributed by atoms with Gasteiger partial charge in [-0.1, -0.05) is 25.7 Å². The van der Waals surface area contributed by atoms with Gasteiger partial charge in [0.2, 0.25) is 0 Å². The Morgan fingerprint density at radius 3 is 2.36 bits per heavy atom. The van der Waals surface area contributed by atoms with Gasteiger partial charge in [-0.3, -0.25) is 9.59 Å². The van der Waals surface area contributed by atoms with Crippen molar-refractivity contribution in [1.29, 1.82) is 0 Å². The average molecular weight is 198 g/mol. The van der Waals surface area contributed by atoms with Crippen LogP contribution < -0.4 is 0 Å².